The Morgan fingerprint density at radius 3 is 0.895 bits per heavy atom. The molecule has 0 bridgehead atoms. The number of hydrogen-bond donors (Lipinski definition) is 2. The Morgan fingerprint density at radius 1 is 0.632 bits per heavy atom. The summed E-state index contributed by atoms with van der Waals surface area (Å²) in [5.74, 6) is -7.08. The predicted molar refractivity (Wildman–Crippen MR) is 52.2 cm³/mol. The molecule has 6 nitrogen and oxygen atoms in total. The van der Waals surface area contributed by atoms with Crippen molar-refractivity contribution in [3.63, 3.8) is 0 Å². The second-order valence-electron chi connectivity index (χ2n) is 2.56. The van der Waals surface area contributed by atoms with E-state index < -0.39 is 36.7 Å². The van der Waals surface area contributed by atoms with E-state index in [-0.39, 0.29) is 37.7 Å². The fourth-order valence-corrected chi connectivity index (χ4v) is 1.46. The molecule has 0 radical (unpaired) electrons. The van der Waals surface area contributed by atoms with E-state index in [0.717, 1.165) is 0 Å². The molecular formula is C3H4F6Li2O6S2. The first kappa shape index (κ1) is 24.6. The minimum absolute atomic E-state index is 0. The van der Waals surface area contributed by atoms with Gasteiger partial charge >= 0.3 is 74.4 Å². The molecule has 0 aromatic carbocycles. The maximum absolute atomic E-state index is 12.4. The van der Waals surface area contributed by atoms with Crippen LogP contribution in [-0.2, 0) is 20.2 Å². The van der Waals surface area contributed by atoms with Gasteiger partial charge in [-0.15, -0.1) is 0 Å². The van der Waals surface area contributed by atoms with Crippen LogP contribution in [0.5, 0.6) is 0 Å². The molecule has 0 saturated heterocycles. The van der Waals surface area contributed by atoms with Gasteiger partial charge in [0, 0.05) is 0 Å². The fourth-order valence-electron chi connectivity index (χ4n) is 0.493. The van der Waals surface area contributed by atoms with Crippen LogP contribution in [0.25, 0.3) is 0 Å². The molecule has 0 aromatic heterocycles. The Kier molecular flexibility index (Phi) is 7.96. The van der Waals surface area contributed by atoms with Crippen molar-refractivity contribution in [2.45, 2.75) is 16.4 Å². The van der Waals surface area contributed by atoms with Gasteiger partial charge in [-0.3, -0.25) is 9.11 Å². The van der Waals surface area contributed by atoms with Crippen LogP contribution in [-0.4, -0.2) is 80.1 Å². The molecule has 0 atom stereocenters. The van der Waals surface area contributed by atoms with Gasteiger partial charge < -0.3 is 0 Å². The van der Waals surface area contributed by atoms with Crippen molar-refractivity contribution in [2.75, 3.05) is 0 Å². The van der Waals surface area contributed by atoms with Crippen molar-refractivity contribution in [3.8, 4) is 0 Å². The van der Waals surface area contributed by atoms with Crippen LogP contribution in [0.4, 0.5) is 26.3 Å². The van der Waals surface area contributed by atoms with E-state index in [1.807, 2.05) is 0 Å². The van der Waals surface area contributed by atoms with Crippen LogP contribution in [0.2, 0.25) is 0 Å². The molecule has 108 valence electrons. The summed E-state index contributed by atoms with van der Waals surface area (Å²) in [6.45, 7) is 0. The molecule has 0 heterocycles. The van der Waals surface area contributed by atoms with Gasteiger partial charge in [-0.25, -0.2) is 0 Å². The van der Waals surface area contributed by atoms with Crippen LogP contribution in [0.15, 0.2) is 0 Å². The Hall–Kier alpha value is 0.595. The van der Waals surface area contributed by atoms with Crippen LogP contribution >= 0.6 is 0 Å². The van der Waals surface area contributed by atoms with E-state index in [0.29, 0.717) is 0 Å². The Balaban J connectivity index is -0.00000128. The first-order valence-corrected chi connectivity index (χ1v) is 5.95. The van der Waals surface area contributed by atoms with Crippen LogP contribution < -0.4 is 0 Å². The van der Waals surface area contributed by atoms with Gasteiger partial charge in [-0.2, -0.15) is 43.2 Å². The van der Waals surface area contributed by atoms with E-state index in [1.165, 1.54) is 0 Å². The summed E-state index contributed by atoms with van der Waals surface area (Å²) in [4.78, 5) is 0. The van der Waals surface area contributed by atoms with E-state index in [4.69, 9.17) is 9.11 Å². The molecule has 0 unspecified atom stereocenters. The van der Waals surface area contributed by atoms with Gasteiger partial charge in [-0.05, 0) is 0 Å². The molecule has 0 amide bonds. The third kappa shape index (κ3) is 3.82. The van der Waals surface area contributed by atoms with Gasteiger partial charge in [0.1, 0.15) is 0 Å². The van der Waals surface area contributed by atoms with Crippen LogP contribution in [0.3, 0.4) is 0 Å². The zero-order valence-corrected chi connectivity index (χ0v) is 8.74. The summed E-state index contributed by atoms with van der Waals surface area (Å²) in [6.07, 6.45) is 0. The molecule has 0 fully saturated rings. The summed E-state index contributed by atoms with van der Waals surface area (Å²) < 4.78 is 128. The molecule has 0 aromatic rings. The molecule has 0 aliphatic carbocycles. The molecule has 0 aliphatic heterocycles. The van der Waals surface area contributed by atoms with Crippen LogP contribution in [0.1, 0.15) is 0 Å². The summed E-state index contributed by atoms with van der Waals surface area (Å²) in [5.41, 5.74) is 0. The van der Waals surface area contributed by atoms with Crippen molar-refractivity contribution < 1.29 is 52.3 Å². The molecule has 16 heteroatoms. The normalized spacial score (nSPS) is 14.3. The Morgan fingerprint density at radius 2 is 0.789 bits per heavy atom. The summed E-state index contributed by atoms with van der Waals surface area (Å²) >= 11 is 0. The summed E-state index contributed by atoms with van der Waals surface area (Å²) in [6, 6.07) is 0. The van der Waals surface area contributed by atoms with E-state index in [9.17, 15) is 43.2 Å². The first-order valence-electron chi connectivity index (χ1n) is 3.07. The fraction of sp³-hybridized carbons (Fsp3) is 1.00. The second kappa shape index (κ2) is 6.15. The van der Waals surface area contributed by atoms with E-state index in [1.54, 1.807) is 0 Å². The van der Waals surface area contributed by atoms with Crippen molar-refractivity contribution in [2.24, 2.45) is 0 Å². The van der Waals surface area contributed by atoms with Crippen molar-refractivity contribution in [1.29, 1.82) is 0 Å². The van der Waals surface area contributed by atoms with E-state index >= 15 is 0 Å². The first-order chi connectivity index (χ1) is 7.00. The molecule has 0 aliphatic rings. The molecule has 0 rings (SSSR count). The average Bonchev–Trinajstić information content (AvgIpc) is 1.98. The average molecular weight is 328 g/mol. The van der Waals surface area contributed by atoms with Crippen LogP contribution in [0, 0.1) is 0 Å². The standard InChI is InChI=1S/C3H2F6O6S2.2Li.2H/c4-1(5,2(6,7)16(10,11)12)3(8,9)17(13,14)15;;;;/h(H,10,11,12)(H,13,14,15);;;;. The number of alkyl halides is 6. The Bertz CT molecular complexity index is 467. The van der Waals surface area contributed by atoms with Gasteiger partial charge in [-0.1, -0.05) is 0 Å². The second-order valence-corrected chi connectivity index (χ2v) is 5.48. The molecule has 19 heavy (non-hydrogen) atoms. The zero-order chi connectivity index (χ0) is 14.5. The zero-order valence-electron chi connectivity index (χ0n) is 7.11. The maximum atomic E-state index is 12.4. The minimum atomic E-state index is -7.08. The Labute approximate surface area is 126 Å². The van der Waals surface area contributed by atoms with Gasteiger partial charge in [0.25, 0.3) is 0 Å². The van der Waals surface area contributed by atoms with E-state index in [2.05, 4.69) is 0 Å². The summed E-state index contributed by atoms with van der Waals surface area (Å²) in [5, 5.41) is -13.6. The molecule has 0 saturated carbocycles. The van der Waals surface area contributed by atoms with Crippen molar-refractivity contribution in [1.82, 2.24) is 0 Å². The van der Waals surface area contributed by atoms with Gasteiger partial charge in [0.15, 0.2) is 0 Å². The topological polar surface area (TPSA) is 109 Å². The monoisotopic (exact) mass is 328 g/mol. The number of hydrogen-bond acceptors (Lipinski definition) is 4. The molecular weight excluding hydrogens is 324 g/mol. The number of halogens is 6. The summed E-state index contributed by atoms with van der Waals surface area (Å²) in [7, 11) is -14.1. The SMILES string of the molecule is O=S(=O)(O)C(F)(F)C(F)(F)C(F)(F)S(=O)(=O)O.[LiH].[LiH]. The van der Waals surface area contributed by atoms with Gasteiger partial charge in [0.2, 0.25) is 0 Å². The van der Waals surface area contributed by atoms with Crippen molar-refractivity contribution >= 4 is 58.0 Å². The third-order valence-corrected chi connectivity index (χ3v) is 3.19. The molecule has 0 spiro atoms. The number of rotatable bonds is 4. The van der Waals surface area contributed by atoms with Crippen molar-refractivity contribution in [3.05, 3.63) is 0 Å². The van der Waals surface area contributed by atoms with Gasteiger partial charge in [0.05, 0.1) is 0 Å². The quantitative estimate of drug-likeness (QED) is 0.401. The molecule has 2 N–H and O–H groups in total. The predicted octanol–water partition coefficient (Wildman–Crippen LogP) is -0.714. The third-order valence-electron chi connectivity index (χ3n) is 1.38.